The Hall–Kier alpha value is -1.58. The number of nitrogens with zero attached hydrogens (tertiary/aromatic N) is 2. The van der Waals surface area contributed by atoms with Crippen molar-refractivity contribution in [2.24, 2.45) is 11.8 Å². The summed E-state index contributed by atoms with van der Waals surface area (Å²) in [7, 11) is 0. The van der Waals surface area contributed by atoms with Gasteiger partial charge in [-0.3, -0.25) is 4.79 Å². The highest BCUT2D eigenvalue weighted by Crippen LogP contribution is 2.23. The number of carbonyl (C=O) groups excluding carboxylic acids is 1. The summed E-state index contributed by atoms with van der Waals surface area (Å²) in [6.07, 6.45) is 1.66. The highest BCUT2D eigenvalue weighted by molar-refractivity contribution is 5.94. The first kappa shape index (κ1) is 12.9. The molecule has 1 aliphatic heterocycles. The van der Waals surface area contributed by atoms with Crippen molar-refractivity contribution in [2.45, 2.75) is 20.8 Å². The number of aromatic nitrogens is 1. The molecule has 2 unspecified atom stereocenters. The van der Waals surface area contributed by atoms with Gasteiger partial charge in [-0.1, -0.05) is 13.8 Å². The molecular formula is C14H21N3O. The summed E-state index contributed by atoms with van der Waals surface area (Å²) in [5, 5.41) is 3.12. The summed E-state index contributed by atoms with van der Waals surface area (Å²) in [4.78, 5) is 18.4. The van der Waals surface area contributed by atoms with E-state index in [1.54, 1.807) is 6.20 Å². The minimum atomic E-state index is 0.0988. The van der Waals surface area contributed by atoms with Gasteiger partial charge < -0.3 is 10.2 Å². The molecule has 2 rings (SSSR count). The van der Waals surface area contributed by atoms with E-state index in [-0.39, 0.29) is 5.91 Å². The molecule has 1 aromatic rings. The number of hydrogen-bond acceptors (Lipinski definition) is 3. The number of rotatable bonds is 3. The van der Waals surface area contributed by atoms with Gasteiger partial charge in [0.2, 0.25) is 0 Å². The van der Waals surface area contributed by atoms with Crippen LogP contribution in [0, 0.1) is 11.8 Å². The Morgan fingerprint density at radius 2 is 2.06 bits per heavy atom. The predicted molar refractivity (Wildman–Crippen MR) is 72.6 cm³/mol. The smallest absolute Gasteiger partial charge is 0.255 e. The van der Waals surface area contributed by atoms with Gasteiger partial charge in [0, 0.05) is 25.8 Å². The van der Waals surface area contributed by atoms with Crippen molar-refractivity contribution in [3.63, 3.8) is 0 Å². The minimum Gasteiger partial charge on any atom is -0.370 e. The van der Waals surface area contributed by atoms with Crippen molar-refractivity contribution in [1.29, 1.82) is 0 Å². The molecule has 1 aliphatic rings. The predicted octanol–water partition coefficient (Wildman–Crippen LogP) is 2.24. The highest BCUT2D eigenvalue weighted by atomic mass is 16.2. The Kier molecular flexibility index (Phi) is 3.84. The first-order chi connectivity index (χ1) is 8.61. The van der Waals surface area contributed by atoms with E-state index in [1.807, 2.05) is 24.0 Å². The van der Waals surface area contributed by atoms with E-state index in [4.69, 9.17) is 0 Å². The van der Waals surface area contributed by atoms with E-state index in [2.05, 4.69) is 24.1 Å². The number of likely N-dealkylation sites (tertiary alicyclic amines) is 1. The molecule has 0 aliphatic carbocycles. The summed E-state index contributed by atoms with van der Waals surface area (Å²) in [5.41, 5.74) is 0.679. The fourth-order valence-electron chi connectivity index (χ4n) is 2.28. The van der Waals surface area contributed by atoms with Crippen molar-refractivity contribution in [3.05, 3.63) is 23.9 Å². The van der Waals surface area contributed by atoms with E-state index in [1.165, 1.54) is 0 Å². The standard InChI is InChI=1S/C14H21N3O/c1-4-15-13-6-5-12(7-16-13)14(18)17-8-10(2)11(3)9-17/h5-7,10-11H,4,8-9H2,1-3H3,(H,15,16). The van der Waals surface area contributed by atoms with Crippen molar-refractivity contribution in [2.75, 3.05) is 25.0 Å². The molecule has 1 saturated heterocycles. The summed E-state index contributed by atoms with van der Waals surface area (Å²) < 4.78 is 0. The van der Waals surface area contributed by atoms with Crippen LogP contribution in [0.3, 0.4) is 0 Å². The van der Waals surface area contributed by atoms with Crippen LogP contribution in [-0.4, -0.2) is 35.4 Å². The molecule has 4 heteroatoms. The molecule has 0 saturated carbocycles. The molecule has 0 aromatic carbocycles. The summed E-state index contributed by atoms with van der Waals surface area (Å²) in [6.45, 7) is 8.97. The highest BCUT2D eigenvalue weighted by Gasteiger charge is 2.29. The number of hydrogen-bond donors (Lipinski definition) is 1. The zero-order chi connectivity index (χ0) is 13.1. The zero-order valence-electron chi connectivity index (χ0n) is 11.3. The van der Waals surface area contributed by atoms with E-state index in [0.29, 0.717) is 17.4 Å². The Morgan fingerprint density at radius 1 is 1.39 bits per heavy atom. The molecule has 18 heavy (non-hydrogen) atoms. The molecule has 0 radical (unpaired) electrons. The Morgan fingerprint density at radius 3 is 2.56 bits per heavy atom. The van der Waals surface area contributed by atoms with Crippen molar-refractivity contribution in [1.82, 2.24) is 9.88 Å². The number of pyridine rings is 1. The molecule has 2 heterocycles. The average molecular weight is 247 g/mol. The van der Waals surface area contributed by atoms with Crippen LogP contribution in [0.4, 0.5) is 5.82 Å². The summed E-state index contributed by atoms with van der Waals surface area (Å²) in [5.74, 6) is 2.09. The number of anilines is 1. The maximum atomic E-state index is 12.3. The fraction of sp³-hybridized carbons (Fsp3) is 0.571. The lowest BCUT2D eigenvalue weighted by molar-refractivity contribution is 0.0784. The fourth-order valence-corrected chi connectivity index (χ4v) is 2.28. The Bertz CT molecular complexity index is 406. The average Bonchev–Trinajstić information content (AvgIpc) is 2.70. The molecule has 1 aromatic heterocycles. The number of amides is 1. The molecule has 1 amide bonds. The molecule has 2 atom stereocenters. The van der Waals surface area contributed by atoms with Crippen molar-refractivity contribution < 1.29 is 4.79 Å². The maximum Gasteiger partial charge on any atom is 0.255 e. The topological polar surface area (TPSA) is 45.2 Å². The van der Waals surface area contributed by atoms with Gasteiger partial charge in [-0.15, -0.1) is 0 Å². The van der Waals surface area contributed by atoms with Gasteiger partial charge in [-0.2, -0.15) is 0 Å². The van der Waals surface area contributed by atoms with Crippen LogP contribution < -0.4 is 5.32 Å². The van der Waals surface area contributed by atoms with Gasteiger partial charge in [-0.05, 0) is 30.9 Å². The third kappa shape index (κ3) is 2.63. The molecule has 4 nitrogen and oxygen atoms in total. The molecule has 1 fully saturated rings. The van der Waals surface area contributed by atoms with Crippen LogP contribution in [-0.2, 0) is 0 Å². The van der Waals surface area contributed by atoms with E-state index in [0.717, 1.165) is 25.5 Å². The SMILES string of the molecule is CCNc1ccc(C(=O)N2CC(C)C(C)C2)cn1. The lowest BCUT2D eigenvalue weighted by atomic mass is 10.0. The zero-order valence-corrected chi connectivity index (χ0v) is 11.3. The van der Waals surface area contributed by atoms with E-state index in [9.17, 15) is 4.79 Å². The van der Waals surface area contributed by atoms with Gasteiger partial charge in [0.1, 0.15) is 5.82 Å². The second-order valence-electron chi connectivity index (χ2n) is 5.13. The second-order valence-corrected chi connectivity index (χ2v) is 5.13. The van der Waals surface area contributed by atoms with Crippen LogP contribution >= 0.6 is 0 Å². The van der Waals surface area contributed by atoms with Crippen LogP contribution in [0.2, 0.25) is 0 Å². The summed E-state index contributed by atoms with van der Waals surface area (Å²) >= 11 is 0. The molecule has 1 N–H and O–H groups in total. The van der Waals surface area contributed by atoms with Gasteiger partial charge in [0.15, 0.2) is 0 Å². The lowest BCUT2D eigenvalue weighted by Gasteiger charge is -2.16. The second kappa shape index (κ2) is 5.38. The number of carbonyl (C=O) groups is 1. The third-order valence-corrected chi connectivity index (χ3v) is 3.64. The van der Waals surface area contributed by atoms with Crippen LogP contribution in [0.1, 0.15) is 31.1 Å². The minimum absolute atomic E-state index is 0.0988. The molecule has 0 spiro atoms. The Balaban J connectivity index is 2.05. The first-order valence-electron chi connectivity index (χ1n) is 6.61. The van der Waals surface area contributed by atoms with Crippen LogP contribution in [0.5, 0.6) is 0 Å². The van der Waals surface area contributed by atoms with Crippen LogP contribution in [0.15, 0.2) is 18.3 Å². The largest absolute Gasteiger partial charge is 0.370 e. The van der Waals surface area contributed by atoms with E-state index < -0.39 is 0 Å². The summed E-state index contributed by atoms with van der Waals surface area (Å²) in [6, 6.07) is 3.71. The lowest BCUT2D eigenvalue weighted by Crippen LogP contribution is -2.28. The first-order valence-corrected chi connectivity index (χ1v) is 6.61. The van der Waals surface area contributed by atoms with Crippen LogP contribution in [0.25, 0.3) is 0 Å². The van der Waals surface area contributed by atoms with Gasteiger partial charge in [0.25, 0.3) is 5.91 Å². The molecular weight excluding hydrogens is 226 g/mol. The van der Waals surface area contributed by atoms with Gasteiger partial charge in [-0.25, -0.2) is 4.98 Å². The third-order valence-electron chi connectivity index (χ3n) is 3.64. The van der Waals surface area contributed by atoms with Crippen molar-refractivity contribution in [3.8, 4) is 0 Å². The number of nitrogens with one attached hydrogen (secondary N) is 1. The molecule has 98 valence electrons. The monoisotopic (exact) mass is 247 g/mol. The normalized spacial score (nSPS) is 23.2. The van der Waals surface area contributed by atoms with Crippen molar-refractivity contribution >= 4 is 11.7 Å². The van der Waals surface area contributed by atoms with Gasteiger partial charge >= 0.3 is 0 Å². The Labute approximate surface area is 108 Å². The van der Waals surface area contributed by atoms with Gasteiger partial charge in [0.05, 0.1) is 5.56 Å². The van der Waals surface area contributed by atoms with E-state index >= 15 is 0 Å². The molecule has 0 bridgehead atoms. The quantitative estimate of drug-likeness (QED) is 0.891. The maximum absolute atomic E-state index is 12.3.